The van der Waals surface area contributed by atoms with Gasteiger partial charge in [0.25, 0.3) is 0 Å². The number of rotatable bonds is 2. The van der Waals surface area contributed by atoms with Gasteiger partial charge in [0.05, 0.1) is 5.69 Å². The van der Waals surface area contributed by atoms with Crippen LogP contribution in [-0.4, -0.2) is 4.98 Å². The van der Waals surface area contributed by atoms with Crippen molar-refractivity contribution >= 4 is 10.8 Å². The number of benzene rings is 3. The molecule has 0 amide bonds. The largest absolute Gasteiger partial charge is 0.255 e. The molecule has 4 aromatic rings. The number of hydrogen-bond acceptors (Lipinski definition) is 1. The van der Waals surface area contributed by atoms with E-state index in [4.69, 9.17) is 4.98 Å². The zero-order valence-electron chi connectivity index (χ0n) is 13.0. The predicted octanol–water partition coefficient (Wildman–Crippen LogP) is 5.88. The zero-order chi connectivity index (χ0) is 15.6. The summed E-state index contributed by atoms with van der Waals surface area (Å²) < 4.78 is 0. The van der Waals surface area contributed by atoms with E-state index in [0.29, 0.717) is 0 Å². The standard InChI is InChI=1S/C22H17N/c1-16-9-8-14-19-20(16)15-23-22(18-12-6-3-7-13-18)21(19)17-10-4-2-5-11-17/h2-15H,1H3. The van der Waals surface area contributed by atoms with E-state index in [1.807, 2.05) is 12.3 Å². The third-order valence-electron chi connectivity index (χ3n) is 4.26. The van der Waals surface area contributed by atoms with Crippen LogP contribution in [0.4, 0.5) is 0 Å². The SMILES string of the molecule is Cc1cccc2c(-c3ccccc3)c(-c3ccccc3)ncc12. The van der Waals surface area contributed by atoms with Gasteiger partial charge in [0, 0.05) is 22.7 Å². The molecule has 1 nitrogen and oxygen atoms in total. The van der Waals surface area contributed by atoms with Gasteiger partial charge in [-0.05, 0) is 23.4 Å². The fourth-order valence-corrected chi connectivity index (χ4v) is 3.10. The first-order valence-electron chi connectivity index (χ1n) is 7.84. The summed E-state index contributed by atoms with van der Waals surface area (Å²) in [5.41, 5.74) is 5.85. The summed E-state index contributed by atoms with van der Waals surface area (Å²) in [6.45, 7) is 2.14. The highest BCUT2D eigenvalue weighted by Crippen LogP contribution is 2.37. The Hall–Kier alpha value is -2.93. The van der Waals surface area contributed by atoms with Crippen LogP contribution in [0, 0.1) is 6.92 Å². The summed E-state index contributed by atoms with van der Waals surface area (Å²) in [4.78, 5) is 4.81. The first-order valence-corrected chi connectivity index (χ1v) is 7.84. The topological polar surface area (TPSA) is 12.9 Å². The first kappa shape index (κ1) is 13.7. The van der Waals surface area contributed by atoms with Crippen LogP contribution >= 0.6 is 0 Å². The van der Waals surface area contributed by atoms with Gasteiger partial charge in [-0.3, -0.25) is 4.98 Å². The second-order valence-corrected chi connectivity index (χ2v) is 5.75. The number of aromatic nitrogens is 1. The van der Waals surface area contributed by atoms with Gasteiger partial charge in [0.15, 0.2) is 0 Å². The Morgan fingerprint density at radius 2 is 1.26 bits per heavy atom. The molecule has 0 aliphatic carbocycles. The van der Waals surface area contributed by atoms with E-state index in [2.05, 4.69) is 79.7 Å². The number of aryl methyl sites for hydroxylation is 1. The van der Waals surface area contributed by atoms with Gasteiger partial charge >= 0.3 is 0 Å². The average molecular weight is 295 g/mol. The highest BCUT2D eigenvalue weighted by atomic mass is 14.7. The second kappa shape index (κ2) is 5.69. The quantitative estimate of drug-likeness (QED) is 0.450. The van der Waals surface area contributed by atoms with Crippen molar-refractivity contribution in [2.75, 3.05) is 0 Å². The van der Waals surface area contributed by atoms with E-state index < -0.39 is 0 Å². The molecule has 0 spiro atoms. The van der Waals surface area contributed by atoms with Crippen molar-refractivity contribution in [2.24, 2.45) is 0 Å². The Bertz CT molecular complexity index is 957. The molecule has 0 bridgehead atoms. The Morgan fingerprint density at radius 1 is 0.609 bits per heavy atom. The highest BCUT2D eigenvalue weighted by Gasteiger charge is 2.13. The molecule has 1 heterocycles. The van der Waals surface area contributed by atoms with Crippen LogP contribution in [0.15, 0.2) is 85.1 Å². The fraction of sp³-hybridized carbons (Fsp3) is 0.0455. The molecule has 0 saturated heterocycles. The van der Waals surface area contributed by atoms with Crippen LogP contribution in [0.2, 0.25) is 0 Å². The molecule has 0 saturated carbocycles. The van der Waals surface area contributed by atoms with Gasteiger partial charge in [-0.25, -0.2) is 0 Å². The summed E-state index contributed by atoms with van der Waals surface area (Å²) >= 11 is 0. The minimum atomic E-state index is 1.04. The summed E-state index contributed by atoms with van der Waals surface area (Å²) in [7, 11) is 0. The van der Waals surface area contributed by atoms with E-state index in [1.165, 1.54) is 27.5 Å². The molecule has 0 atom stereocenters. The Morgan fingerprint density at radius 3 is 1.96 bits per heavy atom. The molecule has 23 heavy (non-hydrogen) atoms. The molecule has 0 aliphatic heterocycles. The lowest BCUT2D eigenvalue weighted by molar-refractivity contribution is 1.34. The van der Waals surface area contributed by atoms with Crippen molar-refractivity contribution in [2.45, 2.75) is 6.92 Å². The van der Waals surface area contributed by atoms with Gasteiger partial charge in [-0.15, -0.1) is 0 Å². The van der Waals surface area contributed by atoms with E-state index >= 15 is 0 Å². The summed E-state index contributed by atoms with van der Waals surface area (Å²) in [6, 6.07) is 27.4. The maximum atomic E-state index is 4.81. The van der Waals surface area contributed by atoms with Crippen LogP contribution in [0.25, 0.3) is 33.2 Å². The molecule has 4 rings (SSSR count). The lowest BCUT2D eigenvalue weighted by Gasteiger charge is -2.14. The van der Waals surface area contributed by atoms with E-state index in [1.54, 1.807) is 0 Å². The molecule has 0 N–H and O–H groups in total. The number of hydrogen-bond donors (Lipinski definition) is 0. The normalized spacial score (nSPS) is 10.8. The van der Waals surface area contributed by atoms with Crippen molar-refractivity contribution in [3.05, 3.63) is 90.6 Å². The average Bonchev–Trinajstić information content (AvgIpc) is 2.62. The second-order valence-electron chi connectivity index (χ2n) is 5.75. The third-order valence-corrected chi connectivity index (χ3v) is 4.26. The summed E-state index contributed by atoms with van der Waals surface area (Å²) in [5, 5.41) is 2.47. The van der Waals surface area contributed by atoms with E-state index in [9.17, 15) is 0 Å². The molecular weight excluding hydrogens is 278 g/mol. The maximum absolute atomic E-state index is 4.81. The first-order chi connectivity index (χ1) is 11.3. The lowest BCUT2D eigenvalue weighted by Crippen LogP contribution is -1.92. The van der Waals surface area contributed by atoms with E-state index in [-0.39, 0.29) is 0 Å². The molecular formula is C22H17N. The highest BCUT2D eigenvalue weighted by molar-refractivity contribution is 6.03. The van der Waals surface area contributed by atoms with Gasteiger partial charge in [-0.1, -0.05) is 78.9 Å². The minimum Gasteiger partial charge on any atom is -0.255 e. The molecule has 1 heteroatoms. The van der Waals surface area contributed by atoms with Crippen LogP contribution in [0.1, 0.15) is 5.56 Å². The number of nitrogens with zero attached hydrogens (tertiary/aromatic N) is 1. The summed E-state index contributed by atoms with van der Waals surface area (Å²) in [6.07, 6.45) is 2.00. The van der Waals surface area contributed by atoms with Crippen molar-refractivity contribution < 1.29 is 0 Å². The van der Waals surface area contributed by atoms with Crippen molar-refractivity contribution in [1.82, 2.24) is 4.98 Å². The molecule has 1 aromatic heterocycles. The van der Waals surface area contributed by atoms with Crippen LogP contribution in [-0.2, 0) is 0 Å². The van der Waals surface area contributed by atoms with Crippen molar-refractivity contribution in [3.63, 3.8) is 0 Å². The lowest BCUT2D eigenvalue weighted by atomic mass is 9.93. The summed E-state index contributed by atoms with van der Waals surface area (Å²) in [5.74, 6) is 0. The molecule has 3 aromatic carbocycles. The van der Waals surface area contributed by atoms with E-state index in [0.717, 1.165) is 11.3 Å². The molecule has 0 aliphatic rings. The van der Waals surface area contributed by atoms with Gasteiger partial charge in [0.1, 0.15) is 0 Å². The van der Waals surface area contributed by atoms with Gasteiger partial charge in [0.2, 0.25) is 0 Å². The van der Waals surface area contributed by atoms with Gasteiger partial charge in [-0.2, -0.15) is 0 Å². The number of pyridine rings is 1. The molecule has 0 unspecified atom stereocenters. The van der Waals surface area contributed by atoms with Crippen LogP contribution < -0.4 is 0 Å². The van der Waals surface area contributed by atoms with Crippen LogP contribution in [0.3, 0.4) is 0 Å². The Labute approximate surface area is 136 Å². The monoisotopic (exact) mass is 295 g/mol. The van der Waals surface area contributed by atoms with Crippen molar-refractivity contribution in [3.8, 4) is 22.4 Å². The zero-order valence-corrected chi connectivity index (χ0v) is 13.0. The smallest absolute Gasteiger partial charge is 0.0786 e. The fourth-order valence-electron chi connectivity index (χ4n) is 3.10. The van der Waals surface area contributed by atoms with Gasteiger partial charge < -0.3 is 0 Å². The third kappa shape index (κ3) is 2.40. The number of fused-ring (bicyclic) bond motifs is 1. The van der Waals surface area contributed by atoms with Crippen molar-refractivity contribution in [1.29, 1.82) is 0 Å². The minimum absolute atomic E-state index is 1.04. The Kier molecular flexibility index (Phi) is 3.39. The maximum Gasteiger partial charge on any atom is 0.0786 e. The molecule has 0 radical (unpaired) electrons. The predicted molar refractivity (Wildman–Crippen MR) is 97.4 cm³/mol. The molecule has 110 valence electrons. The Balaban J connectivity index is 2.12. The van der Waals surface area contributed by atoms with Crippen LogP contribution in [0.5, 0.6) is 0 Å². The molecule has 0 fully saturated rings.